The molecule has 3 rings (SSSR count). The van der Waals surface area contributed by atoms with Crippen LogP contribution >= 0.6 is 0 Å². The van der Waals surface area contributed by atoms with E-state index in [-0.39, 0.29) is 17.9 Å². The molecule has 0 bridgehead atoms. The van der Waals surface area contributed by atoms with E-state index >= 15 is 0 Å². The first-order valence-corrected chi connectivity index (χ1v) is 7.50. The maximum atomic E-state index is 12.2. The lowest BCUT2D eigenvalue weighted by Crippen LogP contribution is -2.31. The van der Waals surface area contributed by atoms with E-state index < -0.39 is 0 Å². The van der Waals surface area contributed by atoms with Crippen LogP contribution in [0.4, 0.5) is 0 Å². The van der Waals surface area contributed by atoms with Crippen molar-refractivity contribution in [3.8, 4) is 0 Å². The molecule has 1 saturated heterocycles. The molecule has 0 unspecified atom stereocenters. The summed E-state index contributed by atoms with van der Waals surface area (Å²) in [7, 11) is 1.95. The number of nitrogens with zero attached hydrogens (tertiary/aromatic N) is 3. The van der Waals surface area contributed by atoms with Gasteiger partial charge in [0.05, 0.1) is 0 Å². The zero-order valence-electron chi connectivity index (χ0n) is 12.8. The van der Waals surface area contributed by atoms with Gasteiger partial charge in [0.25, 0.3) is 5.91 Å². The number of imidazole rings is 1. The Kier molecular flexibility index (Phi) is 4.24. The fraction of sp³-hybridized carbons (Fsp3) is 0.533. The zero-order chi connectivity index (χ0) is 15.5. The van der Waals surface area contributed by atoms with Gasteiger partial charge in [0, 0.05) is 44.9 Å². The second kappa shape index (κ2) is 6.31. The highest BCUT2D eigenvalue weighted by atomic mass is 16.5. The number of carbonyl (C=O) groups excluding carboxylic acids is 1. The minimum Gasteiger partial charge on any atom is -0.448 e. The number of rotatable bonds is 5. The molecular weight excluding hydrogens is 284 g/mol. The van der Waals surface area contributed by atoms with Crippen LogP contribution in [0.5, 0.6) is 0 Å². The smallest absolute Gasteiger partial charge is 0.273 e. The molecule has 0 spiro atoms. The molecule has 0 saturated carbocycles. The van der Waals surface area contributed by atoms with Crippen LogP contribution in [-0.2, 0) is 18.2 Å². The van der Waals surface area contributed by atoms with Crippen LogP contribution in [-0.4, -0.2) is 33.6 Å². The molecule has 0 aliphatic carbocycles. The predicted molar refractivity (Wildman–Crippen MR) is 78.2 cm³/mol. The van der Waals surface area contributed by atoms with Gasteiger partial charge in [-0.15, -0.1) is 0 Å². The van der Waals surface area contributed by atoms with Crippen LogP contribution in [0.25, 0.3) is 0 Å². The Morgan fingerprint density at radius 1 is 1.50 bits per heavy atom. The van der Waals surface area contributed by atoms with Crippen molar-refractivity contribution < 1.29 is 13.9 Å². The molecule has 2 aromatic rings. The largest absolute Gasteiger partial charge is 0.448 e. The summed E-state index contributed by atoms with van der Waals surface area (Å²) in [6.45, 7) is 3.15. The lowest BCUT2D eigenvalue weighted by atomic mass is 10.0. The van der Waals surface area contributed by atoms with E-state index in [0.29, 0.717) is 31.0 Å². The van der Waals surface area contributed by atoms with Crippen LogP contribution < -0.4 is 5.32 Å². The molecule has 0 radical (unpaired) electrons. The van der Waals surface area contributed by atoms with Gasteiger partial charge in [-0.1, -0.05) is 6.92 Å². The highest BCUT2D eigenvalue weighted by Crippen LogP contribution is 2.32. The number of oxazole rings is 1. The average Bonchev–Trinajstić information content (AvgIpc) is 3.24. The first kappa shape index (κ1) is 14.8. The third kappa shape index (κ3) is 2.76. The van der Waals surface area contributed by atoms with E-state index in [1.807, 2.05) is 24.7 Å². The number of aryl methyl sites for hydroxylation is 2. The molecule has 1 amide bonds. The molecule has 118 valence electrons. The highest BCUT2D eigenvalue weighted by molar-refractivity contribution is 5.93. The molecule has 2 atom stereocenters. The van der Waals surface area contributed by atoms with Gasteiger partial charge in [0.15, 0.2) is 12.1 Å². The second-order valence-corrected chi connectivity index (χ2v) is 5.42. The number of amides is 1. The van der Waals surface area contributed by atoms with E-state index in [1.54, 1.807) is 6.20 Å². The third-order valence-corrected chi connectivity index (χ3v) is 4.03. The monoisotopic (exact) mass is 304 g/mol. The van der Waals surface area contributed by atoms with Crippen molar-refractivity contribution >= 4 is 5.91 Å². The van der Waals surface area contributed by atoms with Gasteiger partial charge in [0.1, 0.15) is 17.7 Å². The number of hydrogen-bond donors (Lipinski definition) is 1. The minimum absolute atomic E-state index is 0.0803. The molecule has 0 aromatic carbocycles. The fourth-order valence-corrected chi connectivity index (χ4v) is 2.79. The Labute approximate surface area is 128 Å². The average molecular weight is 304 g/mol. The number of carbonyl (C=O) groups is 1. The van der Waals surface area contributed by atoms with Crippen LogP contribution in [0, 0.1) is 5.92 Å². The maximum absolute atomic E-state index is 12.2. The van der Waals surface area contributed by atoms with Crippen molar-refractivity contribution in [3.63, 3.8) is 0 Å². The summed E-state index contributed by atoms with van der Waals surface area (Å²) in [5, 5.41) is 2.93. The topological polar surface area (TPSA) is 82.2 Å². The number of aromatic nitrogens is 3. The predicted octanol–water partition coefficient (Wildman–Crippen LogP) is 1.48. The van der Waals surface area contributed by atoms with E-state index in [2.05, 4.69) is 15.3 Å². The molecule has 1 aliphatic heterocycles. The van der Waals surface area contributed by atoms with Gasteiger partial charge in [0.2, 0.25) is 0 Å². The van der Waals surface area contributed by atoms with E-state index in [9.17, 15) is 4.79 Å². The highest BCUT2D eigenvalue weighted by Gasteiger charge is 2.32. The summed E-state index contributed by atoms with van der Waals surface area (Å²) in [4.78, 5) is 20.5. The minimum atomic E-state index is -0.198. The van der Waals surface area contributed by atoms with Crippen LogP contribution in [0.1, 0.15) is 41.5 Å². The Balaban J connectivity index is 1.63. The Morgan fingerprint density at radius 3 is 3.09 bits per heavy atom. The van der Waals surface area contributed by atoms with Crippen LogP contribution in [0.2, 0.25) is 0 Å². The normalized spacial score (nSPS) is 21.2. The molecule has 7 nitrogen and oxygen atoms in total. The summed E-state index contributed by atoms with van der Waals surface area (Å²) >= 11 is 0. The number of hydrogen-bond acceptors (Lipinski definition) is 5. The van der Waals surface area contributed by atoms with Gasteiger partial charge in [-0.3, -0.25) is 4.79 Å². The quantitative estimate of drug-likeness (QED) is 0.904. The molecule has 22 heavy (non-hydrogen) atoms. The van der Waals surface area contributed by atoms with Gasteiger partial charge >= 0.3 is 0 Å². The molecule has 1 aliphatic rings. The molecule has 7 heteroatoms. The van der Waals surface area contributed by atoms with Crippen LogP contribution in [0.15, 0.2) is 23.2 Å². The van der Waals surface area contributed by atoms with Crippen LogP contribution in [0.3, 0.4) is 0 Å². The van der Waals surface area contributed by atoms with Gasteiger partial charge < -0.3 is 19.0 Å². The van der Waals surface area contributed by atoms with Crippen molar-refractivity contribution in [1.82, 2.24) is 19.9 Å². The van der Waals surface area contributed by atoms with Crippen molar-refractivity contribution in [2.75, 3.05) is 13.2 Å². The Morgan fingerprint density at radius 2 is 2.36 bits per heavy atom. The lowest BCUT2D eigenvalue weighted by molar-refractivity contribution is 0.0778. The maximum Gasteiger partial charge on any atom is 0.273 e. The van der Waals surface area contributed by atoms with Crippen molar-refractivity contribution in [1.29, 1.82) is 0 Å². The third-order valence-electron chi connectivity index (χ3n) is 4.03. The van der Waals surface area contributed by atoms with E-state index in [0.717, 1.165) is 12.2 Å². The number of nitrogens with one attached hydrogen (secondary N) is 1. The summed E-state index contributed by atoms with van der Waals surface area (Å²) in [5.74, 6) is 1.52. The molecule has 2 aromatic heterocycles. The van der Waals surface area contributed by atoms with Gasteiger partial charge in [-0.05, 0) is 6.42 Å². The van der Waals surface area contributed by atoms with Crippen molar-refractivity contribution in [3.05, 3.63) is 36.1 Å². The SMILES string of the molecule is CCc1ocnc1C(=O)NC[C@@H]1CCO[C@H]1c1nccn1C. The first-order valence-electron chi connectivity index (χ1n) is 7.50. The second-order valence-electron chi connectivity index (χ2n) is 5.42. The van der Waals surface area contributed by atoms with E-state index in [1.165, 1.54) is 6.39 Å². The van der Waals surface area contributed by atoms with E-state index in [4.69, 9.17) is 9.15 Å². The molecule has 3 heterocycles. The van der Waals surface area contributed by atoms with Crippen molar-refractivity contribution in [2.45, 2.75) is 25.9 Å². The summed E-state index contributed by atoms with van der Waals surface area (Å²) in [6.07, 6.45) is 6.43. The summed E-state index contributed by atoms with van der Waals surface area (Å²) in [5.41, 5.74) is 0.370. The summed E-state index contributed by atoms with van der Waals surface area (Å²) in [6, 6.07) is 0. The lowest BCUT2D eigenvalue weighted by Gasteiger charge is -2.18. The molecule has 1 fully saturated rings. The number of ether oxygens (including phenoxy) is 1. The zero-order valence-corrected chi connectivity index (χ0v) is 12.8. The van der Waals surface area contributed by atoms with Gasteiger partial charge in [-0.25, -0.2) is 9.97 Å². The van der Waals surface area contributed by atoms with Gasteiger partial charge in [-0.2, -0.15) is 0 Å². The standard InChI is InChI=1S/C15H20N4O3/c1-3-11-12(18-9-22-11)15(20)17-8-10-4-7-21-13(10)14-16-5-6-19(14)2/h5-6,9-10,13H,3-4,7-8H2,1-2H3,(H,17,20)/t10-,13+/m0/s1. The summed E-state index contributed by atoms with van der Waals surface area (Å²) < 4.78 is 12.9. The molecule has 1 N–H and O–H groups in total. The molecular formula is C15H20N4O3. The Hall–Kier alpha value is -2.15. The Bertz CT molecular complexity index is 649. The van der Waals surface area contributed by atoms with Crippen molar-refractivity contribution in [2.24, 2.45) is 13.0 Å². The fourth-order valence-electron chi connectivity index (χ4n) is 2.79. The first-order chi connectivity index (χ1) is 10.7.